The molecule has 0 bridgehead atoms. The third-order valence-electron chi connectivity index (χ3n) is 4.86. The van der Waals surface area contributed by atoms with Gasteiger partial charge in [-0.25, -0.2) is 18.2 Å². The van der Waals surface area contributed by atoms with Crippen molar-refractivity contribution in [3.63, 3.8) is 0 Å². The molecule has 9 heteroatoms. The van der Waals surface area contributed by atoms with Crippen LogP contribution in [0, 0.1) is 17.5 Å². The first-order chi connectivity index (χ1) is 13.4. The molecule has 0 saturated heterocycles. The number of nitrogens with one attached hydrogen (secondary N) is 1. The van der Waals surface area contributed by atoms with Gasteiger partial charge in [-0.1, -0.05) is 0 Å². The Labute approximate surface area is 160 Å². The number of carbonyl (C=O) groups excluding carboxylic acids is 2. The number of amides is 2. The number of nitrogens with zero attached hydrogens (tertiary/aromatic N) is 3. The topological polar surface area (TPSA) is 67.2 Å². The molecule has 0 radical (unpaired) electrons. The zero-order valence-corrected chi connectivity index (χ0v) is 15.7. The largest absolute Gasteiger partial charge is 0.338 e. The van der Waals surface area contributed by atoms with Crippen LogP contribution in [0.15, 0.2) is 12.1 Å². The van der Waals surface area contributed by atoms with Gasteiger partial charge in [0.1, 0.15) is 5.69 Å². The standard InChI is InChI=1S/C19H21F3N4O2/c1-3-25(4-2)19(28)16-13-7-5-6-10-26(13)17(24-16)18(27)23-12-9-8-11(20)14(21)15(12)22/h8-9H,3-7,10H2,1-2H3,(H,23,27). The predicted molar refractivity (Wildman–Crippen MR) is 96.7 cm³/mol. The van der Waals surface area contributed by atoms with Gasteiger partial charge in [0.15, 0.2) is 23.3 Å². The molecule has 0 saturated carbocycles. The molecular formula is C19H21F3N4O2. The second-order valence-corrected chi connectivity index (χ2v) is 6.49. The number of anilines is 1. The molecule has 2 heterocycles. The number of hydrogen-bond acceptors (Lipinski definition) is 3. The number of imidazole rings is 1. The van der Waals surface area contributed by atoms with Gasteiger partial charge < -0.3 is 14.8 Å². The maximum Gasteiger partial charge on any atom is 0.291 e. The molecule has 6 nitrogen and oxygen atoms in total. The molecule has 0 atom stereocenters. The third-order valence-corrected chi connectivity index (χ3v) is 4.86. The fourth-order valence-corrected chi connectivity index (χ4v) is 3.35. The van der Waals surface area contributed by atoms with Crippen molar-refractivity contribution in [1.29, 1.82) is 0 Å². The van der Waals surface area contributed by atoms with Gasteiger partial charge >= 0.3 is 0 Å². The lowest BCUT2D eigenvalue weighted by molar-refractivity contribution is 0.0766. The van der Waals surface area contributed by atoms with E-state index in [1.165, 1.54) is 0 Å². The minimum absolute atomic E-state index is 0.0469. The van der Waals surface area contributed by atoms with Crippen LogP contribution < -0.4 is 5.32 Å². The molecule has 0 unspecified atom stereocenters. The zero-order valence-electron chi connectivity index (χ0n) is 15.7. The van der Waals surface area contributed by atoms with Gasteiger partial charge in [-0.15, -0.1) is 0 Å². The van der Waals surface area contributed by atoms with Gasteiger partial charge in [0.25, 0.3) is 11.8 Å². The molecule has 0 fully saturated rings. The lowest BCUT2D eigenvalue weighted by Gasteiger charge is -2.20. The third kappa shape index (κ3) is 3.48. The van der Waals surface area contributed by atoms with Crippen molar-refractivity contribution in [2.45, 2.75) is 39.7 Å². The summed E-state index contributed by atoms with van der Waals surface area (Å²) in [5.41, 5.74) is 0.382. The fourth-order valence-electron chi connectivity index (χ4n) is 3.35. The molecule has 1 aliphatic heterocycles. The van der Waals surface area contributed by atoms with E-state index in [1.54, 1.807) is 9.47 Å². The van der Waals surface area contributed by atoms with E-state index in [9.17, 15) is 22.8 Å². The van der Waals surface area contributed by atoms with Crippen molar-refractivity contribution in [3.8, 4) is 0 Å². The second-order valence-electron chi connectivity index (χ2n) is 6.49. The highest BCUT2D eigenvalue weighted by Gasteiger charge is 2.29. The second kappa shape index (κ2) is 8.04. The van der Waals surface area contributed by atoms with E-state index in [-0.39, 0.29) is 17.4 Å². The van der Waals surface area contributed by atoms with Gasteiger partial charge in [-0.3, -0.25) is 9.59 Å². The van der Waals surface area contributed by atoms with E-state index in [0.717, 1.165) is 25.0 Å². The van der Waals surface area contributed by atoms with E-state index in [4.69, 9.17) is 0 Å². The highest BCUT2D eigenvalue weighted by Crippen LogP contribution is 2.24. The summed E-state index contributed by atoms with van der Waals surface area (Å²) in [7, 11) is 0. The highest BCUT2D eigenvalue weighted by atomic mass is 19.2. The summed E-state index contributed by atoms with van der Waals surface area (Å²) in [5, 5.41) is 2.23. The van der Waals surface area contributed by atoms with E-state index in [1.807, 2.05) is 13.8 Å². The van der Waals surface area contributed by atoms with E-state index >= 15 is 0 Å². The van der Waals surface area contributed by atoms with E-state index in [2.05, 4.69) is 10.3 Å². The van der Waals surface area contributed by atoms with Crippen LogP contribution in [0.4, 0.5) is 18.9 Å². The summed E-state index contributed by atoms with van der Waals surface area (Å²) >= 11 is 0. The number of rotatable bonds is 5. The monoisotopic (exact) mass is 394 g/mol. The van der Waals surface area contributed by atoms with Crippen LogP contribution in [-0.2, 0) is 13.0 Å². The molecule has 1 aromatic carbocycles. The average Bonchev–Trinajstić information content (AvgIpc) is 3.09. The van der Waals surface area contributed by atoms with Crippen LogP contribution in [0.2, 0.25) is 0 Å². The van der Waals surface area contributed by atoms with Crippen molar-refractivity contribution < 1.29 is 22.8 Å². The molecule has 2 amide bonds. The number of halogens is 3. The number of benzene rings is 1. The van der Waals surface area contributed by atoms with Crippen LogP contribution >= 0.6 is 0 Å². The SMILES string of the molecule is CCN(CC)C(=O)c1nc(C(=O)Nc2ccc(F)c(F)c2F)n2c1CCCC2. The van der Waals surface area contributed by atoms with Crippen molar-refractivity contribution in [3.05, 3.63) is 46.8 Å². The number of carbonyl (C=O) groups is 2. The lowest BCUT2D eigenvalue weighted by Crippen LogP contribution is -2.31. The molecular weight excluding hydrogens is 373 g/mol. The normalized spacial score (nSPS) is 13.2. The van der Waals surface area contributed by atoms with Crippen LogP contribution in [0.1, 0.15) is 53.5 Å². The summed E-state index contributed by atoms with van der Waals surface area (Å²) < 4.78 is 42.1. The van der Waals surface area contributed by atoms with E-state index < -0.39 is 29.0 Å². The molecule has 0 spiro atoms. The summed E-state index contributed by atoms with van der Waals surface area (Å²) in [6, 6.07) is 1.66. The first kappa shape index (κ1) is 19.9. The number of aromatic nitrogens is 2. The Balaban J connectivity index is 1.97. The zero-order chi connectivity index (χ0) is 20.4. The summed E-state index contributed by atoms with van der Waals surface area (Å²) in [6.45, 7) is 5.20. The maximum atomic E-state index is 13.9. The Bertz CT molecular complexity index is 922. The van der Waals surface area contributed by atoms with Gasteiger partial charge in [-0.05, 0) is 45.2 Å². The summed E-state index contributed by atoms with van der Waals surface area (Å²) in [4.78, 5) is 31.3. The van der Waals surface area contributed by atoms with Gasteiger partial charge in [0, 0.05) is 19.6 Å². The molecule has 3 rings (SSSR count). The summed E-state index contributed by atoms with van der Waals surface area (Å²) in [5.74, 6) is -5.60. The molecule has 2 aromatic rings. The summed E-state index contributed by atoms with van der Waals surface area (Å²) in [6.07, 6.45) is 2.27. The Morgan fingerprint density at radius 1 is 1.14 bits per heavy atom. The van der Waals surface area contributed by atoms with Crippen LogP contribution in [0.25, 0.3) is 0 Å². The van der Waals surface area contributed by atoms with Crippen LogP contribution in [0.3, 0.4) is 0 Å². The Morgan fingerprint density at radius 2 is 1.86 bits per heavy atom. The highest BCUT2D eigenvalue weighted by molar-refractivity contribution is 6.03. The molecule has 1 N–H and O–H groups in total. The van der Waals surface area contributed by atoms with Crippen molar-refractivity contribution >= 4 is 17.5 Å². The van der Waals surface area contributed by atoms with Gasteiger partial charge in [0.05, 0.1) is 11.4 Å². The molecule has 28 heavy (non-hydrogen) atoms. The Kier molecular flexibility index (Phi) is 5.71. The quantitative estimate of drug-likeness (QED) is 0.791. The lowest BCUT2D eigenvalue weighted by atomic mass is 10.1. The predicted octanol–water partition coefficient (Wildman–Crippen LogP) is 3.37. The molecule has 150 valence electrons. The van der Waals surface area contributed by atoms with Gasteiger partial charge in [-0.2, -0.15) is 0 Å². The molecule has 1 aromatic heterocycles. The van der Waals surface area contributed by atoms with Crippen molar-refractivity contribution in [2.75, 3.05) is 18.4 Å². The minimum atomic E-state index is -1.67. The smallest absolute Gasteiger partial charge is 0.291 e. The van der Waals surface area contributed by atoms with Crippen LogP contribution in [-0.4, -0.2) is 39.4 Å². The number of hydrogen-bond donors (Lipinski definition) is 1. The molecule has 0 aliphatic carbocycles. The average molecular weight is 394 g/mol. The van der Waals surface area contributed by atoms with Gasteiger partial charge in [0.2, 0.25) is 0 Å². The first-order valence-electron chi connectivity index (χ1n) is 9.22. The van der Waals surface area contributed by atoms with Crippen LogP contribution in [0.5, 0.6) is 0 Å². The van der Waals surface area contributed by atoms with Crippen molar-refractivity contribution in [2.24, 2.45) is 0 Å². The number of fused-ring (bicyclic) bond motifs is 1. The van der Waals surface area contributed by atoms with Crippen molar-refractivity contribution in [1.82, 2.24) is 14.5 Å². The fraction of sp³-hybridized carbons (Fsp3) is 0.421. The first-order valence-corrected chi connectivity index (χ1v) is 9.22. The Morgan fingerprint density at radius 3 is 2.54 bits per heavy atom. The minimum Gasteiger partial charge on any atom is -0.338 e. The maximum absolute atomic E-state index is 13.9. The molecule has 1 aliphatic rings. The Hall–Kier alpha value is -2.84. The van der Waals surface area contributed by atoms with E-state index in [0.29, 0.717) is 31.7 Å².